The highest BCUT2D eigenvalue weighted by atomic mass is 32.2. The van der Waals surface area contributed by atoms with Gasteiger partial charge in [0.15, 0.2) is 0 Å². The lowest BCUT2D eigenvalue weighted by molar-refractivity contribution is 0.414. The first-order valence-corrected chi connectivity index (χ1v) is 11.4. The zero-order chi connectivity index (χ0) is 19.6. The molecule has 3 rings (SSSR count). The van der Waals surface area contributed by atoms with E-state index in [-0.39, 0.29) is 11.3 Å². The summed E-state index contributed by atoms with van der Waals surface area (Å²) >= 11 is 1.41. The number of hydrogen-bond donors (Lipinski definition) is 1. The Kier molecular flexibility index (Phi) is 5.53. The first-order chi connectivity index (χ1) is 12.8. The number of sulfone groups is 1. The number of thiophene rings is 1. The molecule has 142 valence electrons. The Morgan fingerprint density at radius 2 is 2.11 bits per heavy atom. The van der Waals surface area contributed by atoms with E-state index >= 15 is 0 Å². The Labute approximate surface area is 161 Å². The Morgan fingerprint density at radius 1 is 1.33 bits per heavy atom. The van der Waals surface area contributed by atoms with E-state index in [4.69, 9.17) is 4.74 Å². The van der Waals surface area contributed by atoms with Gasteiger partial charge in [-0.05, 0) is 36.4 Å². The van der Waals surface area contributed by atoms with Crippen LogP contribution in [-0.4, -0.2) is 32.5 Å². The van der Waals surface area contributed by atoms with Crippen molar-refractivity contribution in [1.82, 2.24) is 4.98 Å². The molecule has 7 heteroatoms. The fourth-order valence-electron chi connectivity index (χ4n) is 2.97. The molecule has 0 fully saturated rings. The van der Waals surface area contributed by atoms with Gasteiger partial charge in [-0.15, -0.1) is 11.3 Å². The molecule has 2 aromatic heterocycles. The van der Waals surface area contributed by atoms with E-state index in [2.05, 4.69) is 11.6 Å². The number of nitrogens with one attached hydrogen (secondary N) is 1. The molecule has 0 spiro atoms. The highest BCUT2D eigenvalue weighted by Crippen LogP contribution is 2.34. The van der Waals surface area contributed by atoms with Gasteiger partial charge in [-0.3, -0.25) is 4.79 Å². The van der Waals surface area contributed by atoms with Gasteiger partial charge in [-0.2, -0.15) is 0 Å². The number of allylic oxidation sites excluding steroid dienone is 2. The lowest BCUT2D eigenvalue weighted by atomic mass is 10.0. The van der Waals surface area contributed by atoms with Gasteiger partial charge in [0, 0.05) is 28.1 Å². The molecule has 0 saturated heterocycles. The average molecular weight is 404 g/mol. The molecule has 1 N–H and O–H groups in total. The van der Waals surface area contributed by atoms with Crippen LogP contribution in [0.2, 0.25) is 0 Å². The molecular weight excluding hydrogens is 382 g/mol. The van der Waals surface area contributed by atoms with Gasteiger partial charge < -0.3 is 9.72 Å². The van der Waals surface area contributed by atoms with Crippen LogP contribution in [0.25, 0.3) is 27.1 Å². The molecule has 2 heterocycles. The van der Waals surface area contributed by atoms with Crippen LogP contribution in [0.5, 0.6) is 5.75 Å². The SMILES string of the molecule is C=C(CC=Cc1c(OC)ccc2[nH]c(=O)c3sccc3c12)CCS(C)(=O)=O. The van der Waals surface area contributed by atoms with Crippen molar-refractivity contribution in [3.63, 3.8) is 0 Å². The van der Waals surface area contributed by atoms with Gasteiger partial charge in [-0.25, -0.2) is 8.42 Å². The number of ether oxygens (including phenoxy) is 1. The second kappa shape index (κ2) is 7.70. The molecule has 0 aliphatic heterocycles. The van der Waals surface area contributed by atoms with E-state index in [1.165, 1.54) is 17.6 Å². The molecule has 0 aliphatic rings. The summed E-state index contributed by atoms with van der Waals surface area (Å²) in [6.07, 6.45) is 6.14. The van der Waals surface area contributed by atoms with Gasteiger partial charge >= 0.3 is 0 Å². The lowest BCUT2D eigenvalue weighted by Crippen LogP contribution is -2.05. The number of H-pyrrole nitrogens is 1. The van der Waals surface area contributed by atoms with Crippen molar-refractivity contribution in [2.24, 2.45) is 0 Å². The lowest BCUT2D eigenvalue weighted by Gasteiger charge is -2.10. The molecule has 3 aromatic rings. The van der Waals surface area contributed by atoms with E-state index in [1.807, 2.05) is 35.7 Å². The van der Waals surface area contributed by atoms with Gasteiger partial charge in [0.05, 0.1) is 12.9 Å². The summed E-state index contributed by atoms with van der Waals surface area (Å²) in [6.45, 7) is 3.95. The summed E-state index contributed by atoms with van der Waals surface area (Å²) in [7, 11) is -1.38. The zero-order valence-electron chi connectivity index (χ0n) is 15.2. The Balaban J connectivity index is 1.99. The number of benzene rings is 1. The number of aromatic nitrogens is 1. The van der Waals surface area contributed by atoms with Crippen LogP contribution in [-0.2, 0) is 9.84 Å². The largest absolute Gasteiger partial charge is 0.496 e. The van der Waals surface area contributed by atoms with Crippen molar-refractivity contribution in [1.29, 1.82) is 0 Å². The van der Waals surface area contributed by atoms with E-state index in [0.29, 0.717) is 23.3 Å². The molecule has 0 saturated carbocycles. The van der Waals surface area contributed by atoms with Crippen molar-refractivity contribution in [3.8, 4) is 5.75 Å². The maximum Gasteiger partial charge on any atom is 0.266 e. The summed E-state index contributed by atoms with van der Waals surface area (Å²) < 4.78 is 28.8. The van der Waals surface area contributed by atoms with Crippen LogP contribution >= 0.6 is 11.3 Å². The quantitative estimate of drug-likeness (QED) is 0.602. The van der Waals surface area contributed by atoms with Crippen molar-refractivity contribution in [3.05, 3.63) is 57.7 Å². The second-order valence-electron chi connectivity index (χ2n) is 6.46. The highest BCUT2D eigenvalue weighted by molar-refractivity contribution is 7.90. The number of rotatable bonds is 7. The molecule has 0 aliphatic carbocycles. The van der Waals surface area contributed by atoms with Crippen LogP contribution in [0.4, 0.5) is 0 Å². The summed E-state index contributed by atoms with van der Waals surface area (Å²) in [4.78, 5) is 15.1. The standard InChI is InChI=1S/C20H21NO4S2/c1-13(10-12-27(3,23)24)5-4-6-14-17(25-2)8-7-16-18(14)15-9-11-26-19(15)20(22)21-16/h4,6-9,11H,1,5,10,12H2,2-3H3,(H,21,22). The van der Waals surface area contributed by atoms with E-state index in [1.54, 1.807) is 7.11 Å². The van der Waals surface area contributed by atoms with Gasteiger partial charge in [0.25, 0.3) is 5.56 Å². The van der Waals surface area contributed by atoms with Crippen molar-refractivity contribution < 1.29 is 13.2 Å². The van der Waals surface area contributed by atoms with Crippen molar-refractivity contribution in [2.75, 3.05) is 19.1 Å². The summed E-state index contributed by atoms with van der Waals surface area (Å²) in [5.41, 5.74) is 2.39. The van der Waals surface area contributed by atoms with E-state index in [9.17, 15) is 13.2 Å². The van der Waals surface area contributed by atoms with Gasteiger partial charge in [0.1, 0.15) is 20.3 Å². The minimum Gasteiger partial charge on any atom is -0.496 e. The van der Waals surface area contributed by atoms with E-state index in [0.717, 1.165) is 27.4 Å². The monoisotopic (exact) mass is 403 g/mol. The number of methoxy groups -OCH3 is 1. The number of aromatic amines is 1. The minimum atomic E-state index is -3.00. The normalized spacial score (nSPS) is 12.2. The third kappa shape index (κ3) is 4.31. The third-order valence-electron chi connectivity index (χ3n) is 4.33. The van der Waals surface area contributed by atoms with Crippen LogP contribution in [0.1, 0.15) is 18.4 Å². The topological polar surface area (TPSA) is 76.2 Å². The molecule has 0 bridgehead atoms. The number of hydrogen-bond acceptors (Lipinski definition) is 5. The predicted molar refractivity (Wildman–Crippen MR) is 114 cm³/mol. The Morgan fingerprint density at radius 3 is 2.81 bits per heavy atom. The number of pyridine rings is 1. The number of fused-ring (bicyclic) bond motifs is 3. The summed E-state index contributed by atoms with van der Waals surface area (Å²) in [6, 6.07) is 5.61. The maximum absolute atomic E-state index is 12.2. The fourth-order valence-corrected chi connectivity index (χ4v) is 4.43. The van der Waals surface area contributed by atoms with Crippen molar-refractivity contribution >= 4 is 48.2 Å². The average Bonchev–Trinajstić information content (AvgIpc) is 3.10. The second-order valence-corrected chi connectivity index (χ2v) is 9.63. The van der Waals surface area contributed by atoms with E-state index < -0.39 is 9.84 Å². The first kappa shape index (κ1) is 19.4. The van der Waals surface area contributed by atoms with Gasteiger partial charge in [-0.1, -0.05) is 24.3 Å². The molecule has 0 radical (unpaired) electrons. The maximum atomic E-state index is 12.2. The minimum absolute atomic E-state index is 0.0956. The molecular formula is C20H21NO4S2. The van der Waals surface area contributed by atoms with Crippen LogP contribution < -0.4 is 10.3 Å². The molecule has 5 nitrogen and oxygen atoms in total. The Bertz CT molecular complexity index is 1200. The molecule has 0 atom stereocenters. The van der Waals surface area contributed by atoms with Gasteiger partial charge in [0.2, 0.25) is 0 Å². The van der Waals surface area contributed by atoms with Crippen LogP contribution in [0.15, 0.2) is 46.6 Å². The zero-order valence-corrected chi connectivity index (χ0v) is 16.9. The highest BCUT2D eigenvalue weighted by Gasteiger charge is 2.13. The van der Waals surface area contributed by atoms with Crippen LogP contribution in [0, 0.1) is 0 Å². The van der Waals surface area contributed by atoms with Crippen molar-refractivity contribution in [2.45, 2.75) is 12.8 Å². The third-order valence-corrected chi connectivity index (χ3v) is 6.19. The molecule has 0 amide bonds. The fraction of sp³-hybridized carbons (Fsp3) is 0.250. The van der Waals surface area contributed by atoms with Crippen LogP contribution in [0.3, 0.4) is 0 Å². The summed E-state index contributed by atoms with van der Waals surface area (Å²) in [5, 5.41) is 3.73. The molecule has 27 heavy (non-hydrogen) atoms. The molecule has 1 aromatic carbocycles. The Hall–Kier alpha value is -2.38. The summed E-state index contributed by atoms with van der Waals surface area (Å²) in [5.74, 6) is 0.814. The molecule has 0 unspecified atom stereocenters. The predicted octanol–water partition coefficient (Wildman–Crippen LogP) is 4.15. The smallest absolute Gasteiger partial charge is 0.266 e. The first-order valence-electron chi connectivity index (χ1n) is 8.41.